The number of carbonyl (C=O) groups is 2. The number of fused-ring (bicyclic) bond motifs is 1. The van der Waals surface area contributed by atoms with E-state index in [0.717, 1.165) is 5.56 Å². The van der Waals surface area contributed by atoms with Crippen molar-refractivity contribution in [3.8, 4) is 0 Å². The van der Waals surface area contributed by atoms with Crippen molar-refractivity contribution in [1.29, 1.82) is 0 Å². The third kappa shape index (κ3) is 2.23. The first-order valence-corrected chi connectivity index (χ1v) is 6.74. The molecule has 2 N–H and O–H groups in total. The van der Waals surface area contributed by atoms with Crippen molar-refractivity contribution < 1.29 is 14.7 Å². The molecular weight excluding hydrogens is 266 g/mol. The van der Waals surface area contributed by atoms with E-state index in [0.29, 0.717) is 16.8 Å². The highest BCUT2D eigenvalue weighted by Gasteiger charge is 2.46. The highest BCUT2D eigenvalue weighted by Crippen LogP contribution is 2.38. The summed E-state index contributed by atoms with van der Waals surface area (Å²) in [6.07, 6.45) is -0.265. The van der Waals surface area contributed by atoms with Gasteiger partial charge in [0.15, 0.2) is 11.4 Å². The molecule has 0 aromatic heterocycles. The standard InChI is InChI=1S/C17H15NO3/c1-11-5-4-6-12(9-11)15(19)10-17(21)13-7-2-3-8-14(13)18-16(17)20/h2-9,21H,10H2,1H3,(H,18,20)/t17-/m0/s1. The van der Waals surface area contributed by atoms with E-state index in [4.69, 9.17) is 0 Å². The van der Waals surface area contributed by atoms with Crippen molar-refractivity contribution in [3.05, 3.63) is 65.2 Å². The summed E-state index contributed by atoms with van der Waals surface area (Å²) in [6.45, 7) is 1.89. The number of aryl methyl sites for hydroxylation is 1. The van der Waals surface area contributed by atoms with Gasteiger partial charge < -0.3 is 10.4 Å². The van der Waals surface area contributed by atoms with Crippen molar-refractivity contribution in [2.24, 2.45) is 0 Å². The molecule has 1 amide bonds. The van der Waals surface area contributed by atoms with Gasteiger partial charge in [0.2, 0.25) is 0 Å². The van der Waals surface area contributed by atoms with Crippen molar-refractivity contribution >= 4 is 17.4 Å². The largest absolute Gasteiger partial charge is 0.375 e. The molecule has 1 atom stereocenters. The van der Waals surface area contributed by atoms with Gasteiger partial charge in [-0.25, -0.2) is 0 Å². The Morgan fingerprint density at radius 3 is 2.71 bits per heavy atom. The Balaban J connectivity index is 1.94. The maximum atomic E-state index is 12.4. The summed E-state index contributed by atoms with van der Waals surface area (Å²) in [5.74, 6) is -0.808. The zero-order chi connectivity index (χ0) is 15.0. The lowest BCUT2D eigenvalue weighted by Gasteiger charge is -2.20. The van der Waals surface area contributed by atoms with Gasteiger partial charge in [-0.1, -0.05) is 42.0 Å². The molecule has 4 heteroatoms. The van der Waals surface area contributed by atoms with E-state index in [1.165, 1.54) is 0 Å². The fraction of sp³-hybridized carbons (Fsp3) is 0.176. The minimum Gasteiger partial charge on any atom is -0.375 e. The molecule has 1 aliphatic rings. The first-order chi connectivity index (χ1) is 10.0. The van der Waals surface area contributed by atoms with Gasteiger partial charge in [-0.2, -0.15) is 0 Å². The van der Waals surface area contributed by atoms with Gasteiger partial charge in [0, 0.05) is 16.8 Å². The maximum absolute atomic E-state index is 12.4. The number of ketones is 1. The zero-order valence-corrected chi connectivity index (χ0v) is 11.6. The van der Waals surface area contributed by atoms with Crippen LogP contribution in [0.25, 0.3) is 0 Å². The molecule has 4 nitrogen and oxygen atoms in total. The highest BCUT2D eigenvalue weighted by atomic mass is 16.3. The molecule has 2 aromatic carbocycles. The fourth-order valence-electron chi connectivity index (χ4n) is 2.63. The topological polar surface area (TPSA) is 66.4 Å². The summed E-state index contributed by atoms with van der Waals surface area (Å²) < 4.78 is 0. The van der Waals surface area contributed by atoms with Crippen LogP contribution in [0.15, 0.2) is 48.5 Å². The van der Waals surface area contributed by atoms with E-state index < -0.39 is 11.5 Å². The van der Waals surface area contributed by atoms with E-state index in [1.807, 2.05) is 13.0 Å². The molecule has 0 spiro atoms. The van der Waals surface area contributed by atoms with E-state index >= 15 is 0 Å². The predicted octanol–water partition coefficient (Wildman–Crippen LogP) is 2.41. The molecule has 21 heavy (non-hydrogen) atoms. The number of amides is 1. The summed E-state index contributed by atoms with van der Waals surface area (Å²) in [5, 5.41) is 13.3. The van der Waals surface area contributed by atoms with Crippen LogP contribution in [0.4, 0.5) is 5.69 Å². The van der Waals surface area contributed by atoms with Gasteiger partial charge >= 0.3 is 0 Å². The minimum atomic E-state index is -1.79. The molecular formula is C17H15NO3. The molecule has 0 saturated heterocycles. The lowest BCUT2D eigenvalue weighted by molar-refractivity contribution is -0.133. The van der Waals surface area contributed by atoms with Crippen LogP contribution in [-0.4, -0.2) is 16.8 Å². The molecule has 0 fully saturated rings. The van der Waals surface area contributed by atoms with Gasteiger partial charge in [0.1, 0.15) is 0 Å². The Kier molecular flexibility index (Phi) is 3.11. The molecule has 3 rings (SSSR count). The smallest absolute Gasteiger partial charge is 0.261 e. The minimum absolute atomic E-state index is 0.256. The number of hydrogen-bond donors (Lipinski definition) is 2. The van der Waals surface area contributed by atoms with E-state index in [-0.39, 0.29) is 12.2 Å². The first kappa shape index (κ1) is 13.5. The quantitative estimate of drug-likeness (QED) is 0.849. The number of carbonyl (C=O) groups excluding carboxylic acids is 2. The predicted molar refractivity (Wildman–Crippen MR) is 79.1 cm³/mol. The summed E-state index contributed by atoms with van der Waals surface area (Å²) in [7, 11) is 0. The van der Waals surface area contributed by atoms with Crippen LogP contribution in [0, 0.1) is 6.92 Å². The van der Waals surface area contributed by atoms with Gasteiger partial charge in [-0.05, 0) is 19.1 Å². The number of nitrogens with one attached hydrogen (secondary N) is 1. The Bertz CT molecular complexity index is 738. The van der Waals surface area contributed by atoms with E-state index in [9.17, 15) is 14.7 Å². The van der Waals surface area contributed by atoms with Gasteiger partial charge in [0.25, 0.3) is 5.91 Å². The molecule has 0 radical (unpaired) electrons. The monoisotopic (exact) mass is 281 g/mol. The van der Waals surface area contributed by atoms with Gasteiger partial charge in [0.05, 0.1) is 6.42 Å². The molecule has 1 heterocycles. The van der Waals surface area contributed by atoms with Crippen LogP contribution in [0.5, 0.6) is 0 Å². The third-order valence-electron chi connectivity index (χ3n) is 3.75. The molecule has 0 unspecified atom stereocenters. The second-order valence-corrected chi connectivity index (χ2v) is 5.33. The molecule has 0 bridgehead atoms. The number of aliphatic hydroxyl groups is 1. The Morgan fingerprint density at radius 1 is 1.19 bits per heavy atom. The maximum Gasteiger partial charge on any atom is 0.261 e. The molecule has 0 aliphatic carbocycles. The summed E-state index contributed by atoms with van der Waals surface area (Å²) in [6, 6.07) is 14.0. The van der Waals surface area contributed by atoms with Crippen molar-refractivity contribution in [2.75, 3.05) is 5.32 Å². The summed E-state index contributed by atoms with van der Waals surface area (Å²) in [4.78, 5) is 24.4. The number of benzene rings is 2. The average molecular weight is 281 g/mol. The Morgan fingerprint density at radius 2 is 1.95 bits per heavy atom. The van der Waals surface area contributed by atoms with Crippen LogP contribution in [0.1, 0.15) is 27.9 Å². The number of rotatable bonds is 3. The lowest BCUT2D eigenvalue weighted by atomic mass is 9.88. The number of para-hydroxylation sites is 1. The number of anilines is 1. The summed E-state index contributed by atoms with van der Waals surface area (Å²) >= 11 is 0. The molecule has 0 saturated carbocycles. The second-order valence-electron chi connectivity index (χ2n) is 5.33. The molecule has 106 valence electrons. The van der Waals surface area contributed by atoms with Crippen LogP contribution >= 0.6 is 0 Å². The Labute approximate surface area is 122 Å². The van der Waals surface area contributed by atoms with Gasteiger partial charge in [-0.3, -0.25) is 9.59 Å². The van der Waals surface area contributed by atoms with Crippen LogP contribution in [-0.2, 0) is 10.4 Å². The average Bonchev–Trinajstić information content (AvgIpc) is 2.71. The van der Waals surface area contributed by atoms with Gasteiger partial charge in [-0.15, -0.1) is 0 Å². The lowest BCUT2D eigenvalue weighted by Crippen LogP contribution is -2.36. The van der Waals surface area contributed by atoms with E-state index in [2.05, 4.69) is 5.32 Å². The third-order valence-corrected chi connectivity index (χ3v) is 3.75. The fourth-order valence-corrected chi connectivity index (χ4v) is 2.63. The molecule has 2 aromatic rings. The SMILES string of the molecule is Cc1cccc(C(=O)C[C@@]2(O)C(=O)Nc3ccccc32)c1. The highest BCUT2D eigenvalue weighted by molar-refractivity contribution is 6.09. The van der Waals surface area contributed by atoms with E-state index in [1.54, 1.807) is 42.5 Å². The second kappa shape index (κ2) is 4.82. The zero-order valence-electron chi connectivity index (χ0n) is 11.6. The first-order valence-electron chi connectivity index (χ1n) is 6.74. The summed E-state index contributed by atoms with van der Waals surface area (Å²) in [5.41, 5.74) is 0.681. The van der Waals surface area contributed by atoms with Crippen molar-refractivity contribution in [2.45, 2.75) is 18.9 Å². The van der Waals surface area contributed by atoms with Crippen LogP contribution in [0.2, 0.25) is 0 Å². The van der Waals surface area contributed by atoms with Crippen LogP contribution in [0.3, 0.4) is 0 Å². The van der Waals surface area contributed by atoms with Crippen LogP contribution < -0.4 is 5.32 Å². The number of Topliss-reactive ketones (excluding diaryl/α,β-unsaturated/α-hetero) is 1. The van der Waals surface area contributed by atoms with Crippen molar-refractivity contribution in [3.63, 3.8) is 0 Å². The normalized spacial score (nSPS) is 20.0. The molecule has 1 aliphatic heterocycles. The Hall–Kier alpha value is -2.46. The van der Waals surface area contributed by atoms with Crippen molar-refractivity contribution in [1.82, 2.24) is 0 Å². The number of hydrogen-bond acceptors (Lipinski definition) is 3.